The van der Waals surface area contributed by atoms with Crippen molar-refractivity contribution in [2.24, 2.45) is 4.99 Å². The summed E-state index contributed by atoms with van der Waals surface area (Å²) >= 11 is 3.39. The van der Waals surface area contributed by atoms with Crippen molar-refractivity contribution >= 4 is 68.8 Å². The summed E-state index contributed by atoms with van der Waals surface area (Å²) < 4.78 is 12.4. The van der Waals surface area contributed by atoms with Gasteiger partial charge in [-0.05, 0) is 106 Å². The summed E-state index contributed by atoms with van der Waals surface area (Å²) in [6.07, 6.45) is 1.77. The van der Waals surface area contributed by atoms with Crippen LogP contribution in [0.25, 0.3) is 6.08 Å². The van der Waals surface area contributed by atoms with Crippen LogP contribution < -0.4 is 9.47 Å². The first kappa shape index (κ1) is 30.8. The molecule has 0 aliphatic carbocycles. The second-order valence-corrected chi connectivity index (χ2v) is 11.7. The van der Waals surface area contributed by atoms with Crippen molar-refractivity contribution < 1.29 is 29.1 Å². The fourth-order valence-corrected chi connectivity index (χ4v) is 6.04. The van der Waals surface area contributed by atoms with Crippen LogP contribution in [0.1, 0.15) is 27.0 Å². The van der Waals surface area contributed by atoms with E-state index in [-0.39, 0.29) is 30.3 Å². The highest BCUT2D eigenvalue weighted by Gasteiger charge is 2.33. The van der Waals surface area contributed by atoms with Crippen LogP contribution >= 0.6 is 34.4 Å². The summed E-state index contributed by atoms with van der Waals surface area (Å²) in [5.41, 5.74) is 3.10. The Labute approximate surface area is 270 Å². The number of nitrogens with zero attached hydrogens (tertiary/aromatic N) is 3. The van der Waals surface area contributed by atoms with E-state index in [4.69, 9.17) is 14.5 Å². The number of non-ortho nitro benzene ring substituents is 1. The molecular formula is C32H24IN3O7S. The molecule has 1 heterocycles. The first-order valence-electron chi connectivity index (χ1n) is 13.1. The molecule has 1 saturated heterocycles. The van der Waals surface area contributed by atoms with Crippen molar-refractivity contribution in [2.75, 3.05) is 7.11 Å². The Hall–Kier alpha value is -4.69. The van der Waals surface area contributed by atoms with Crippen LogP contribution in [0.2, 0.25) is 0 Å². The molecule has 1 N–H and O–H groups in total. The molecule has 0 unspecified atom stereocenters. The minimum absolute atomic E-state index is 0.00394. The normalized spacial score (nSPS) is 14.7. The molecule has 0 aromatic heterocycles. The smallest absolute Gasteiger partial charge is 0.335 e. The molecule has 4 aromatic rings. The van der Waals surface area contributed by atoms with Crippen LogP contribution in [0.3, 0.4) is 0 Å². The van der Waals surface area contributed by atoms with E-state index in [0.29, 0.717) is 27.3 Å². The minimum atomic E-state index is -1.02. The fourth-order valence-electron chi connectivity index (χ4n) is 4.26. The van der Waals surface area contributed by atoms with Gasteiger partial charge in [-0.3, -0.25) is 19.8 Å². The van der Waals surface area contributed by atoms with Gasteiger partial charge in [-0.1, -0.05) is 30.3 Å². The number of carbonyl (C=O) groups is 2. The molecule has 10 nitrogen and oxygen atoms in total. The largest absolute Gasteiger partial charge is 0.493 e. The summed E-state index contributed by atoms with van der Waals surface area (Å²) in [5, 5.41) is 20.7. The Kier molecular flexibility index (Phi) is 9.60. The van der Waals surface area contributed by atoms with Gasteiger partial charge in [-0.2, -0.15) is 0 Å². The number of carbonyl (C=O) groups excluding carboxylic acids is 1. The number of hydrogen-bond donors (Lipinski definition) is 1. The molecule has 5 rings (SSSR count). The summed E-state index contributed by atoms with van der Waals surface area (Å²) in [5.74, 6) is -0.278. The number of rotatable bonds is 10. The fraction of sp³-hybridized carbons (Fsp3) is 0.0938. The van der Waals surface area contributed by atoms with E-state index in [1.165, 1.54) is 43.1 Å². The number of para-hydroxylation sites is 1. The predicted octanol–water partition coefficient (Wildman–Crippen LogP) is 7.29. The Bertz CT molecular complexity index is 1780. The number of benzene rings is 4. The van der Waals surface area contributed by atoms with Gasteiger partial charge >= 0.3 is 5.97 Å². The quantitative estimate of drug-likeness (QED) is 0.0782. The highest BCUT2D eigenvalue weighted by Crippen LogP contribution is 2.39. The number of thioether (sulfide) groups is 1. The van der Waals surface area contributed by atoms with E-state index >= 15 is 0 Å². The van der Waals surface area contributed by atoms with Gasteiger partial charge in [-0.25, -0.2) is 9.79 Å². The lowest BCUT2D eigenvalue weighted by atomic mass is 10.1. The van der Waals surface area contributed by atoms with E-state index in [1.54, 1.807) is 41.3 Å². The minimum Gasteiger partial charge on any atom is -0.493 e. The average Bonchev–Trinajstić information content (AvgIpc) is 3.29. The molecule has 1 aliphatic heterocycles. The van der Waals surface area contributed by atoms with E-state index in [9.17, 15) is 24.8 Å². The van der Waals surface area contributed by atoms with E-state index in [1.807, 2.05) is 36.4 Å². The zero-order valence-corrected chi connectivity index (χ0v) is 26.2. The highest BCUT2D eigenvalue weighted by atomic mass is 127. The Morgan fingerprint density at radius 1 is 1.05 bits per heavy atom. The molecule has 0 radical (unpaired) electrons. The van der Waals surface area contributed by atoms with Crippen LogP contribution in [0.15, 0.2) is 101 Å². The Balaban J connectivity index is 1.41. The number of ether oxygens (including phenoxy) is 2. The van der Waals surface area contributed by atoms with Gasteiger partial charge in [0.15, 0.2) is 16.7 Å². The number of carboxylic acid groups (broad SMARTS) is 1. The standard InChI is InChI=1S/C32H24IN3O7S/c1-42-27-16-22(15-26(33)29(27)43-19-21-9-13-25(14-10-21)36(40)41)17-28-30(37)35(18-20-7-11-23(12-8-20)31(38)39)32(44-28)34-24-5-3-2-4-6-24/h2-17H,18-19H2,1H3,(H,38,39)/b28-17-,34-32?. The van der Waals surface area contributed by atoms with Crippen molar-refractivity contribution in [2.45, 2.75) is 13.2 Å². The molecular weight excluding hydrogens is 697 g/mol. The maximum atomic E-state index is 13.7. The van der Waals surface area contributed by atoms with Gasteiger partial charge in [0.05, 0.1) is 38.3 Å². The first-order chi connectivity index (χ1) is 21.2. The number of amides is 1. The predicted molar refractivity (Wildman–Crippen MR) is 176 cm³/mol. The third-order valence-corrected chi connectivity index (χ3v) is 8.30. The van der Waals surface area contributed by atoms with E-state index in [0.717, 1.165) is 20.3 Å². The Morgan fingerprint density at radius 3 is 2.36 bits per heavy atom. The summed E-state index contributed by atoms with van der Waals surface area (Å²) in [4.78, 5) is 42.2. The van der Waals surface area contributed by atoms with Crippen molar-refractivity contribution in [3.05, 3.63) is 132 Å². The topological polar surface area (TPSA) is 132 Å². The number of hydrogen-bond acceptors (Lipinski definition) is 8. The van der Waals surface area contributed by atoms with Gasteiger partial charge < -0.3 is 14.6 Å². The van der Waals surface area contributed by atoms with Crippen LogP contribution in [0.4, 0.5) is 11.4 Å². The van der Waals surface area contributed by atoms with Crippen molar-refractivity contribution in [1.82, 2.24) is 4.90 Å². The number of nitro benzene ring substituents is 1. The number of methoxy groups -OCH3 is 1. The van der Waals surface area contributed by atoms with Crippen molar-refractivity contribution in [3.8, 4) is 11.5 Å². The Morgan fingerprint density at radius 2 is 1.73 bits per heavy atom. The van der Waals surface area contributed by atoms with Crippen LogP contribution in [0.5, 0.6) is 11.5 Å². The average molecular weight is 722 g/mol. The monoisotopic (exact) mass is 721 g/mol. The van der Waals surface area contributed by atoms with E-state index < -0.39 is 10.9 Å². The summed E-state index contributed by atoms with van der Waals surface area (Å²) in [6, 6.07) is 25.5. The van der Waals surface area contributed by atoms with E-state index in [2.05, 4.69) is 22.6 Å². The second-order valence-electron chi connectivity index (χ2n) is 9.48. The maximum absolute atomic E-state index is 13.7. The SMILES string of the molecule is COc1cc(/C=C2\SC(=Nc3ccccc3)N(Cc3ccc(C(=O)O)cc3)C2=O)cc(I)c1OCc1ccc([N+](=O)[O-])cc1. The van der Waals surface area contributed by atoms with Gasteiger partial charge in [0, 0.05) is 12.1 Å². The molecule has 12 heteroatoms. The second kappa shape index (κ2) is 13.7. The van der Waals surface area contributed by atoms with Crippen LogP contribution in [-0.4, -0.2) is 39.1 Å². The number of aliphatic imine (C=N–C) groups is 1. The number of nitro groups is 1. The van der Waals surface area contributed by atoms with Crippen molar-refractivity contribution in [1.29, 1.82) is 0 Å². The lowest BCUT2D eigenvalue weighted by molar-refractivity contribution is -0.384. The summed E-state index contributed by atoms with van der Waals surface area (Å²) in [7, 11) is 1.53. The highest BCUT2D eigenvalue weighted by molar-refractivity contribution is 14.1. The first-order valence-corrected chi connectivity index (χ1v) is 15.0. The molecule has 0 atom stereocenters. The van der Waals surface area contributed by atoms with Crippen molar-refractivity contribution in [3.63, 3.8) is 0 Å². The lowest BCUT2D eigenvalue weighted by Crippen LogP contribution is -2.28. The van der Waals surface area contributed by atoms with Gasteiger partial charge in [0.2, 0.25) is 0 Å². The zero-order chi connectivity index (χ0) is 31.2. The molecule has 1 amide bonds. The van der Waals surface area contributed by atoms with Gasteiger partial charge in [0.1, 0.15) is 6.61 Å². The maximum Gasteiger partial charge on any atom is 0.335 e. The van der Waals surface area contributed by atoms with Crippen LogP contribution in [-0.2, 0) is 17.9 Å². The molecule has 0 spiro atoms. The zero-order valence-electron chi connectivity index (χ0n) is 23.2. The number of carboxylic acids is 1. The van der Waals surface area contributed by atoms with Crippen LogP contribution in [0, 0.1) is 13.7 Å². The number of amidine groups is 1. The number of aromatic carboxylic acids is 1. The molecule has 0 saturated carbocycles. The molecule has 222 valence electrons. The molecule has 4 aromatic carbocycles. The molecule has 0 bridgehead atoms. The molecule has 1 fully saturated rings. The lowest BCUT2D eigenvalue weighted by Gasteiger charge is -2.16. The van der Waals surface area contributed by atoms with Gasteiger partial charge in [0.25, 0.3) is 11.6 Å². The van der Waals surface area contributed by atoms with Gasteiger partial charge in [-0.15, -0.1) is 0 Å². The molecule has 44 heavy (non-hydrogen) atoms. The third-order valence-electron chi connectivity index (χ3n) is 6.49. The third kappa shape index (κ3) is 7.26. The summed E-state index contributed by atoms with van der Waals surface area (Å²) in [6.45, 7) is 0.395. The number of halogens is 1. The molecule has 1 aliphatic rings.